The second-order valence-electron chi connectivity index (χ2n) is 8.13. The van der Waals surface area contributed by atoms with Gasteiger partial charge in [0.15, 0.2) is 0 Å². The summed E-state index contributed by atoms with van der Waals surface area (Å²) in [6, 6.07) is 21.8. The zero-order chi connectivity index (χ0) is 22.6. The first-order valence-electron chi connectivity index (χ1n) is 11.0. The van der Waals surface area contributed by atoms with Gasteiger partial charge in [0.1, 0.15) is 5.82 Å². The van der Waals surface area contributed by atoms with Gasteiger partial charge in [-0.3, -0.25) is 4.79 Å². The molecule has 1 heterocycles. The molecule has 0 fully saturated rings. The van der Waals surface area contributed by atoms with Gasteiger partial charge in [-0.15, -0.1) is 0 Å². The zero-order valence-electron chi connectivity index (χ0n) is 18.0. The van der Waals surface area contributed by atoms with Crippen LogP contribution in [0.4, 0.5) is 16.0 Å². The lowest BCUT2D eigenvalue weighted by Crippen LogP contribution is -2.31. The molecule has 0 aliphatic heterocycles. The van der Waals surface area contributed by atoms with Crippen LogP contribution in [0.25, 0.3) is 11.1 Å². The minimum absolute atomic E-state index is 0.0291. The van der Waals surface area contributed by atoms with E-state index in [9.17, 15) is 9.18 Å². The molecule has 0 saturated heterocycles. The molecule has 5 nitrogen and oxygen atoms in total. The highest BCUT2D eigenvalue weighted by atomic mass is 19.1. The van der Waals surface area contributed by atoms with E-state index in [2.05, 4.69) is 32.7 Å². The smallest absolute Gasteiger partial charge is 0.251 e. The Labute approximate surface area is 191 Å². The van der Waals surface area contributed by atoms with Crippen LogP contribution < -0.4 is 10.6 Å². The highest BCUT2D eigenvalue weighted by Gasteiger charge is 2.22. The summed E-state index contributed by atoms with van der Waals surface area (Å²) in [7, 11) is 0. The number of aromatic nitrogens is 2. The molecule has 33 heavy (non-hydrogen) atoms. The first kappa shape index (κ1) is 20.8. The first-order chi connectivity index (χ1) is 16.2. The number of carbonyl (C=O) groups is 1. The van der Waals surface area contributed by atoms with Gasteiger partial charge < -0.3 is 10.6 Å². The summed E-state index contributed by atoms with van der Waals surface area (Å²) in [4.78, 5) is 21.7. The molecular formula is C27H23FN4O. The second-order valence-corrected chi connectivity index (χ2v) is 8.13. The Kier molecular flexibility index (Phi) is 5.81. The molecule has 1 aromatic heterocycles. The molecule has 164 valence electrons. The summed E-state index contributed by atoms with van der Waals surface area (Å²) in [5.74, 6) is 0.0297. The topological polar surface area (TPSA) is 66.9 Å². The molecular weight excluding hydrogens is 415 g/mol. The van der Waals surface area contributed by atoms with Crippen molar-refractivity contribution in [3.63, 3.8) is 0 Å². The Morgan fingerprint density at radius 2 is 1.70 bits per heavy atom. The highest BCUT2D eigenvalue weighted by Crippen LogP contribution is 2.30. The molecule has 2 N–H and O–H groups in total. The van der Waals surface area contributed by atoms with Crippen molar-refractivity contribution in [2.75, 3.05) is 5.32 Å². The van der Waals surface area contributed by atoms with Gasteiger partial charge in [-0.1, -0.05) is 42.5 Å². The van der Waals surface area contributed by atoms with Crippen molar-refractivity contribution < 1.29 is 9.18 Å². The van der Waals surface area contributed by atoms with Gasteiger partial charge in [-0.2, -0.15) is 0 Å². The maximum atomic E-state index is 13.1. The van der Waals surface area contributed by atoms with Gasteiger partial charge in [-0.05, 0) is 66.3 Å². The molecule has 0 unspecified atom stereocenters. The average Bonchev–Trinajstić information content (AvgIpc) is 2.85. The highest BCUT2D eigenvalue weighted by molar-refractivity contribution is 5.95. The number of aryl methyl sites for hydroxylation is 1. The standard InChI is InChI=1S/C27H23FN4O/c28-22-13-11-18(12-14-22)21-16-29-27(30-17-21)31-23-8-3-7-20(15-23)26(33)32-25-10-4-6-19-5-1-2-9-24(19)25/h1-3,5,7-9,11-17,25H,4,6,10H2,(H,32,33)(H,29,30,31)/t25-/m0/s1. The van der Waals surface area contributed by atoms with Crippen LogP contribution in [0.1, 0.15) is 40.4 Å². The second kappa shape index (κ2) is 9.20. The molecule has 3 aromatic carbocycles. The molecule has 5 rings (SSSR count). The van der Waals surface area contributed by atoms with E-state index in [1.54, 1.807) is 36.7 Å². The fourth-order valence-electron chi connectivity index (χ4n) is 4.20. The predicted octanol–water partition coefficient (Wildman–Crippen LogP) is 5.83. The summed E-state index contributed by atoms with van der Waals surface area (Å²) in [5, 5.41) is 6.33. The molecule has 1 amide bonds. The third-order valence-electron chi connectivity index (χ3n) is 5.89. The van der Waals surface area contributed by atoms with E-state index in [-0.39, 0.29) is 17.8 Å². The summed E-state index contributed by atoms with van der Waals surface area (Å²) in [6.07, 6.45) is 6.42. The third-order valence-corrected chi connectivity index (χ3v) is 5.89. The molecule has 6 heteroatoms. The van der Waals surface area contributed by atoms with E-state index < -0.39 is 0 Å². The molecule has 0 bridgehead atoms. The summed E-state index contributed by atoms with van der Waals surface area (Å²) >= 11 is 0. The minimum atomic E-state index is -0.283. The lowest BCUT2D eigenvalue weighted by atomic mass is 9.87. The first-order valence-corrected chi connectivity index (χ1v) is 11.0. The van der Waals surface area contributed by atoms with E-state index in [0.717, 1.165) is 36.1 Å². The van der Waals surface area contributed by atoms with Gasteiger partial charge in [-0.25, -0.2) is 14.4 Å². The van der Waals surface area contributed by atoms with Crippen LogP contribution in [0.3, 0.4) is 0 Å². The maximum Gasteiger partial charge on any atom is 0.251 e. The largest absolute Gasteiger partial charge is 0.345 e. The average molecular weight is 439 g/mol. The van der Waals surface area contributed by atoms with Crippen molar-refractivity contribution in [2.45, 2.75) is 25.3 Å². The Hall–Kier alpha value is -4.06. The van der Waals surface area contributed by atoms with Crippen molar-refractivity contribution in [3.05, 3.63) is 108 Å². The van der Waals surface area contributed by atoms with Crippen LogP contribution in [0.15, 0.2) is 85.2 Å². The lowest BCUT2D eigenvalue weighted by Gasteiger charge is -2.26. The number of nitrogens with one attached hydrogen (secondary N) is 2. The Balaban J connectivity index is 1.28. The number of fused-ring (bicyclic) bond motifs is 1. The normalized spacial score (nSPS) is 14.9. The van der Waals surface area contributed by atoms with Crippen molar-refractivity contribution >= 4 is 17.5 Å². The Bertz CT molecular complexity index is 1270. The van der Waals surface area contributed by atoms with E-state index in [0.29, 0.717) is 11.5 Å². The quantitative estimate of drug-likeness (QED) is 0.411. The van der Waals surface area contributed by atoms with Gasteiger partial charge in [0, 0.05) is 29.2 Å². The number of amides is 1. The maximum absolute atomic E-state index is 13.1. The van der Waals surface area contributed by atoms with Crippen molar-refractivity contribution in [1.29, 1.82) is 0 Å². The number of benzene rings is 3. The number of carbonyl (C=O) groups excluding carboxylic acids is 1. The van der Waals surface area contributed by atoms with E-state index in [1.165, 1.54) is 23.3 Å². The van der Waals surface area contributed by atoms with E-state index >= 15 is 0 Å². The number of anilines is 2. The summed E-state index contributed by atoms with van der Waals surface area (Å²) < 4.78 is 13.1. The van der Waals surface area contributed by atoms with Crippen LogP contribution in [-0.2, 0) is 6.42 Å². The van der Waals surface area contributed by atoms with Crippen LogP contribution in [-0.4, -0.2) is 15.9 Å². The third kappa shape index (κ3) is 4.75. The minimum Gasteiger partial charge on any atom is -0.345 e. The van der Waals surface area contributed by atoms with Crippen molar-refractivity contribution in [3.8, 4) is 11.1 Å². The molecule has 0 spiro atoms. The molecule has 1 atom stereocenters. The fraction of sp³-hybridized carbons (Fsp3) is 0.148. The lowest BCUT2D eigenvalue weighted by molar-refractivity contribution is 0.0933. The number of nitrogens with zero attached hydrogens (tertiary/aromatic N) is 2. The number of rotatable bonds is 5. The van der Waals surface area contributed by atoms with Crippen molar-refractivity contribution in [2.24, 2.45) is 0 Å². The zero-order valence-corrected chi connectivity index (χ0v) is 18.0. The number of hydrogen-bond acceptors (Lipinski definition) is 4. The Morgan fingerprint density at radius 3 is 2.52 bits per heavy atom. The van der Waals surface area contributed by atoms with Crippen molar-refractivity contribution in [1.82, 2.24) is 15.3 Å². The molecule has 0 radical (unpaired) electrons. The van der Waals surface area contributed by atoms with Crippen LogP contribution in [0.2, 0.25) is 0 Å². The summed E-state index contributed by atoms with van der Waals surface area (Å²) in [6.45, 7) is 0. The fourth-order valence-corrected chi connectivity index (χ4v) is 4.20. The molecule has 1 aliphatic carbocycles. The van der Waals surface area contributed by atoms with E-state index in [4.69, 9.17) is 0 Å². The molecule has 1 aliphatic rings. The van der Waals surface area contributed by atoms with Gasteiger partial charge in [0.05, 0.1) is 6.04 Å². The number of hydrogen-bond donors (Lipinski definition) is 2. The van der Waals surface area contributed by atoms with E-state index in [1.807, 2.05) is 24.3 Å². The Morgan fingerprint density at radius 1 is 0.909 bits per heavy atom. The number of halogens is 1. The van der Waals surface area contributed by atoms with Crippen LogP contribution >= 0.6 is 0 Å². The summed E-state index contributed by atoms with van der Waals surface area (Å²) in [5.41, 5.74) is 5.45. The van der Waals surface area contributed by atoms with Gasteiger partial charge >= 0.3 is 0 Å². The van der Waals surface area contributed by atoms with Gasteiger partial charge in [0.2, 0.25) is 5.95 Å². The van der Waals surface area contributed by atoms with Crippen LogP contribution in [0, 0.1) is 5.82 Å². The molecule has 4 aromatic rings. The van der Waals surface area contributed by atoms with Crippen LogP contribution in [0.5, 0.6) is 0 Å². The monoisotopic (exact) mass is 438 g/mol. The van der Waals surface area contributed by atoms with Gasteiger partial charge in [0.25, 0.3) is 5.91 Å². The SMILES string of the molecule is O=C(N[C@H]1CCCc2ccccc21)c1cccc(Nc2ncc(-c3ccc(F)cc3)cn2)c1. The predicted molar refractivity (Wildman–Crippen MR) is 127 cm³/mol. The molecule has 0 saturated carbocycles.